The molecule has 0 bridgehead atoms. The summed E-state index contributed by atoms with van der Waals surface area (Å²) in [6, 6.07) is 10.8. The summed E-state index contributed by atoms with van der Waals surface area (Å²) in [5.41, 5.74) is 0.749. The van der Waals surface area contributed by atoms with Crippen LogP contribution in [-0.4, -0.2) is 63.2 Å². The first kappa shape index (κ1) is 20.6. The standard InChI is InChI=1S/C22H32N4O2/c1-24(22(18-23)10-4-3-5-11-22)21(27)17-26-14-12-25(13-15-26)16-19-6-8-20(28-2)9-7-19/h6-9H,3-5,10-17H2,1-2H3/p+2. The maximum Gasteiger partial charge on any atom is 0.278 e. The molecule has 0 unspecified atom stereocenters. The average molecular weight is 387 g/mol. The van der Waals surface area contributed by atoms with Gasteiger partial charge in [0.05, 0.1) is 13.2 Å². The van der Waals surface area contributed by atoms with Crippen LogP contribution in [0.4, 0.5) is 0 Å². The quantitative estimate of drug-likeness (QED) is 0.704. The molecule has 0 aromatic heterocycles. The van der Waals surface area contributed by atoms with Crippen LogP contribution in [0.5, 0.6) is 5.75 Å². The highest BCUT2D eigenvalue weighted by molar-refractivity contribution is 5.78. The molecule has 1 heterocycles. The van der Waals surface area contributed by atoms with E-state index in [2.05, 4.69) is 18.2 Å². The van der Waals surface area contributed by atoms with Crippen LogP contribution in [0.25, 0.3) is 0 Å². The fourth-order valence-electron chi connectivity index (χ4n) is 4.57. The molecule has 1 saturated heterocycles. The fourth-order valence-corrected chi connectivity index (χ4v) is 4.57. The molecule has 2 N–H and O–H groups in total. The number of ether oxygens (including phenoxy) is 1. The van der Waals surface area contributed by atoms with Crippen LogP contribution >= 0.6 is 0 Å². The summed E-state index contributed by atoms with van der Waals surface area (Å²) >= 11 is 0. The highest BCUT2D eigenvalue weighted by Crippen LogP contribution is 2.32. The monoisotopic (exact) mass is 386 g/mol. The Morgan fingerprint density at radius 2 is 1.71 bits per heavy atom. The number of nitriles is 1. The van der Waals surface area contributed by atoms with Gasteiger partial charge in [0.2, 0.25) is 0 Å². The summed E-state index contributed by atoms with van der Waals surface area (Å²) in [7, 11) is 3.52. The predicted molar refractivity (Wildman–Crippen MR) is 107 cm³/mol. The molecule has 0 radical (unpaired) electrons. The van der Waals surface area contributed by atoms with E-state index in [9.17, 15) is 10.1 Å². The normalized spacial score (nSPS) is 24.2. The highest BCUT2D eigenvalue weighted by Gasteiger charge is 2.40. The molecule has 1 aromatic rings. The second kappa shape index (κ2) is 9.40. The minimum Gasteiger partial charge on any atom is -0.497 e. The van der Waals surface area contributed by atoms with Crippen molar-refractivity contribution in [2.45, 2.75) is 44.2 Å². The number of carbonyl (C=O) groups is 1. The van der Waals surface area contributed by atoms with Crippen LogP contribution in [0.2, 0.25) is 0 Å². The van der Waals surface area contributed by atoms with Gasteiger partial charge in [0.15, 0.2) is 6.54 Å². The molecule has 1 amide bonds. The van der Waals surface area contributed by atoms with Crippen LogP contribution in [0.15, 0.2) is 24.3 Å². The molecule has 6 heteroatoms. The maximum absolute atomic E-state index is 12.8. The number of quaternary nitrogens is 2. The van der Waals surface area contributed by atoms with Crippen molar-refractivity contribution < 1.29 is 19.3 Å². The molecule has 1 aliphatic heterocycles. The molecule has 28 heavy (non-hydrogen) atoms. The van der Waals surface area contributed by atoms with Crippen LogP contribution < -0.4 is 14.5 Å². The van der Waals surface area contributed by atoms with E-state index in [1.54, 1.807) is 16.9 Å². The van der Waals surface area contributed by atoms with Gasteiger partial charge in [-0.2, -0.15) is 5.26 Å². The first-order valence-electron chi connectivity index (χ1n) is 10.5. The molecule has 2 fully saturated rings. The van der Waals surface area contributed by atoms with E-state index in [0.29, 0.717) is 6.54 Å². The number of hydrogen-bond acceptors (Lipinski definition) is 3. The first-order valence-corrected chi connectivity index (χ1v) is 10.5. The summed E-state index contributed by atoms with van der Waals surface area (Å²) in [5.74, 6) is 1.01. The number of nitrogens with one attached hydrogen (secondary N) is 2. The Labute approximate surface area is 168 Å². The van der Waals surface area contributed by atoms with Gasteiger partial charge in [0.25, 0.3) is 5.91 Å². The first-order chi connectivity index (χ1) is 13.6. The third kappa shape index (κ3) is 4.84. The van der Waals surface area contributed by atoms with E-state index < -0.39 is 5.54 Å². The molecule has 1 aliphatic carbocycles. The molecule has 2 aliphatic rings. The molecular formula is C22H34N4O2+2. The molecule has 1 saturated carbocycles. The van der Waals surface area contributed by atoms with Crippen LogP contribution in [0.3, 0.4) is 0 Å². The second-order valence-corrected chi connectivity index (χ2v) is 8.36. The Hall–Kier alpha value is -2.10. The van der Waals surface area contributed by atoms with E-state index in [0.717, 1.165) is 64.2 Å². The number of nitrogens with zero attached hydrogens (tertiary/aromatic N) is 2. The van der Waals surface area contributed by atoms with Crippen molar-refractivity contribution in [3.8, 4) is 11.8 Å². The van der Waals surface area contributed by atoms with Gasteiger partial charge in [-0.15, -0.1) is 0 Å². The largest absolute Gasteiger partial charge is 0.497 e. The zero-order valence-electron chi connectivity index (χ0n) is 17.3. The molecule has 0 spiro atoms. The number of hydrogen-bond donors (Lipinski definition) is 2. The minimum absolute atomic E-state index is 0.122. The second-order valence-electron chi connectivity index (χ2n) is 8.36. The van der Waals surface area contributed by atoms with E-state index >= 15 is 0 Å². The van der Waals surface area contributed by atoms with Crippen LogP contribution in [-0.2, 0) is 11.3 Å². The smallest absolute Gasteiger partial charge is 0.278 e. The van der Waals surface area contributed by atoms with Crippen molar-refractivity contribution in [1.29, 1.82) is 5.26 Å². The molecular weight excluding hydrogens is 352 g/mol. The Kier molecular flexibility index (Phi) is 6.93. The number of methoxy groups -OCH3 is 1. The highest BCUT2D eigenvalue weighted by atomic mass is 16.5. The Balaban J connectivity index is 1.46. The van der Waals surface area contributed by atoms with Crippen molar-refractivity contribution in [3.63, 3.8) is 0 Å². The summed E-state index contributed by atoms with van der Waals surface area (Å²) in [4.78, 5) is 17.5. The van der Waals surface area contributed by atoms with Crippen LogP contribution in [0.1, 0.15) is 37.7 Å². The van der Waals surface area contributed by atoms with Gasteiger partial charge in [0, 0.05) is 12.6 Å². The van der Waals surface area contributed by atoms with E-state index in [1.807, 2.05) is 19.2 Å². The third-order valence-corrected chi connectivity index (χ3v) is 6.58. The molecule has 0 atom stereocenters. The van der Waals surface area contributed by atoms with Gasteiger partial charge >= 0.3 is 0 Å². The van der Waals surface area contributed by atoms with Crippen molar-refractivity contribution in [1.82, 2.24) is 4.90 Å². The van der Waals surface area contributed by atoms with Gasteiger partial charge < -0.3 is 19.4 Å². The molecule has 6 nitrogen and oxygen atoms in total. The number of carbonyl (C=O) groups excluding carboxylic acids is 1. The Morgan fingerprint density at radius 1 is 1.11 bits per heavy atom. The number of likely N-dealkylation sites (N-methyl/N-ethyl adjacent to an activating group) is 1. The molecule has 1 aromatic carbocycles. The van der Waals surface area contributed by atoms with Crippen LogP contribution in [0, 0.1) is 11.3 Å². The lowest BCUT2D eigenvalue weighted by molar-refractivity contribution is -1.02. The van der Waals surface area contributed by atoms with E-state index in [-0.39, 0.29) is 5.91 Å². The average Bonchev–Trinajstić information content (AvgIpc) is 2.75. The van der Waals surface area contributed by atoms with E-state index in [4.69, 9.17) is 4.74 Å². The lowest BCUT2D eigenvalue weighted by atomic mass is 9.81. The number of benzene rings is 1. The van der Waals surface area contributed by atoms with Crippen molar-refractivity contribution >= 4 is 5.91 Å². The maximum atomic E-state index is 12.8. The third-order valence-electron chi connectivity index (χ3n) is 6.58. The Bertz CT molecular complexity index is 683. The summed E-state index contributed by atoms with van der Waals surface area (Å²) in [5, 5.41) is 9.71. The lowest BCUT2D eigenvalue weighted by Crippen LogP contribution is -3.28. The zero-order valence-corrected chi connectivity index (χ0v) is 17.3. The van der Waals surface area contributed by atoms with E-state index in [1.165, 1.54) is 16.9 Å². The fraction of sp³-hybridized carbons (Fsp3) is 0.636. The number of amides is 1. The van der Waals surface area contributed by atoms with Crippen molar-refractivity contribution in [2.75, 3.05) is 46.9 Å². The zero-order chi connectivity index (χ0) is 20.0. The SMILES string of the molecule is COc1ccc(C[NH+]2CC[NH+](CC(=O)N(C)C3(C#N)CCCCC3)CC2)cc1. The molecule has 152 valence electrons. The van der Waals surface area contributed by atoms with Gasteiger partial charge in [-0.05, 0) is 37.1 Å². The number of piperazine rings is 1. The summed E-state index contributed by atoms with van der Waals surface area (Å²) < 4.78 is 5.22. The Morgan fingerprint density at radius 3 is 2.29 bits per heavy atom. The minimum atomic E-state index is -0.573. The topological polar surface area (TPSA) is 62.2 Å². The lowest BCUT2D eigenvalue weighted by Gasteiger charge is -2.39. The van der Waals surface area contributed by atoms with Gasteiger partial charge in [-0.25, -0.2) is 0 Å². The van der Waals surface area contributed by atoms with Crippen molar-refractivity contribution in [2.24, 2.45) is 0 Å². The van der Waals surface area contributed by atoms with Gasteiger partial charge in [-0.3, -0.25) is 4.79 Å². The predicted octanol–water partition coefficient (Wildman–Crippen LogP) is -0.337. The molecule has 3 rings (SSSR count). The van der Waals surface area contributed by atoms with Gasteiger partial charge in [-0.1, -0.05) is 19.3 Å². The van der Waals surface area contributed by atoms with Crippen molar-refractivity contribution in [3.05, 3.63) is 29.8 Å². The summed E-state index contributed by atoms with van der Waals surface area (Å²) in [6.45, 7) is 5.68. The number of rotatable bonds is 6. The summed E-state index contributed by atoms with van der Waals surface area (Å²) in [6.07, 6.45) is 4.91. The van der Waals surface area contributed by atoms with Gasteiger partial charge in [0.1, 0.15) is 44.0 Å².